The van der Waals surface area contributed by atoms with E-state index in [9.17, 15) is 0 Å². The molecule has 0 unspecified atom stereocenters. The summed E-state index contributed by atoms with van der Waals surface area (Å²) in [7, 11) is 0. The first-order valence-corrected chi connectivity index (χ1v) is 19.2. The van der Waals surface area contributed by atoms with Gasteiger partial charge in [-0.25, -0.2) is 19.9 Å². The number of nitrogens with zero attached hydrogens (tertiary/aromatic N) is 4. The molecule has 6 nitrogen and oxygen atoms in total. The zero-order valence-electron chi connectivity index (χ0n) is 31.1. The van der Waals surface area contributed by atoms with Gasteiger partial charge < -0.3 is 9.15 Å². The lowest BCUT2D eigenvalue weighted by atomic mass is 9.93. The Kier molecular flexibility index (Phi) is 8.04. The summed E-state index contributed by atoms with van der Waals surface area (Å²) >= 11 is 0. The Morgan fingerprint density at radius 2 is 1.00 bits per heavy atom. The maximum atomic E-state index is 7.05. The first kappa shape index (κ1) is 33.4. The molecule has 0 amide bonds. The third-order valence-corrected chi connectivity index (χ3v) is 10.7. The summed E-state index contributed by atoms with van der Waals surface area (Å²) in [6.45, 7) is 0. The van der Waals surface area contributed by atoms with Crippen LogP contribution >= 0.6 is 0 Å². The van der Waals surface area contributed by atoms with Gasteiger partial charge >= 0.3 is 0 Å². The first-order valence-electron chi connectivity index (χ1n) is 19.2. The van der Waals surface area contributed by atoms with E-state index in [0.29, 0.717) is 11.6 Å². The number of aromatic nitrogens is 4. The van der Waals surface area contributed by atoms with Crippen molar-refractivity contribution in [3.63, 3.8) is 0 Å². The molecule has 272 valence electrons. The van der Waals surface area contributed by atoms with Gasteiger partial charge in [-0.1, -0.05) is 146 Å². The summed E-state index contributed by atoms with van der Waals surface area (Å²) in [6.07, 6.45) is 8.04. The Balaban J connectivity index is 1.13. The maximum absolute atomic E-state index is 7.05. The lowest BCUT2D eigenvalue weighted by molar-refractivity contribution is 0.487. The summed E-state index contributed by atoms with van der Waals surface area (Å²) < 4.78 is 13.5. The van der Waals surface area contributed by atoms with Crippen molar-refractivity contribution in [2.75, 3.05) is 0 Å². The second-order valence-electron chi connectivity index (χ2n) is 14.3. The predicted molar refractivity (Wildman–Crippen MR) is 233 cm³/mol. The largest absolute Gasteiger partial charge is 0.456 e. The summed E-state index contributed by atoms with van der Waals surface area (Å²) in [5.41, 5.74) is 12.8. The molecule has 11 rings (SSSR count). The van der Waals surface area contributed by atoms with E-state index in [1.54, 1.807) is 0 Å². The summed E-state index contributed by atoms with van der Waals surface area (Å²) in [5, 5.41) is 2.03. The van der Waals surface area contributed by atoms with Crippen LogP contribution in [0.25, 0.3) is 102 Å². The highest BCUT2D eigenvalue weighted by Gasteiger charge is 2.21. The number of ether oxygens (including phenoxy) is 1. The van der Waals surface area contributed by atoms with Gasteiger partial charge in [0, 0.05) is 56.5 Å². The number of rotatable bonds is 4. The van der Waals surface area contributed by atoms with Crippen LogP contribution in [0.4, 0.5) is 0 Å². The van der Waals surface area contributed by atoms with E-state index in [2.05, 4.69) is 84.9 Å². The third kappa shape index (κ3) is 6.01. The van der Waals surface area contributed by atoms with Crippen LogP contribution < -0.4 is 4.74 Å². The average molecular weight is 745 g/mol. The van der Waals surface area contributed by atoms with Gasteiger partial charge in [0.05, 0.1) is 11.4 Å². The molecule has 0 atom stereocenters. The number of hydrogen-bond donors (Lipinski definition) is 0. The standard InChI is InChI=1S/C52H32N4O2/c1-3-14-35(15-4-1)51-53-31-38(32-54-51)46-30-45(55-52(56-46)36-16-5-2-6-17-36)37-26-25-34-24-23-33-13-7-8-18-39(33)40-19-9-11-21-47(40)57-50-28-43-41-20-10-12-22-48(41)58-49(43)29-44(50)42(34)27-37/h1-32H/b24-23-. The molecule has 6 heteroatoms. The Hall–Kier alpha value is -7.96. The van der Waals surface area contributed by atoms with Gasteiger partial charge in [-0.15, -0.1) is 0 Å². The van der Waals surface area contributed by atoms with Gasteiger partial charge in [0.2, 0.25) is 0 Å². The van der Waals surface area contributed by atoms with Gasteiger partial charge in [-0.2, -0.15) is 0 Å². The van der Waals surface area contributed by atoms with Gasteiger partial charge in [-0.3, -0.25) is 0 Å². The van der Waals surface area contributed by atoms with E-state index in [1.807, 2.05) is 109 Å². The quantitative estimate of drug-likeness (QED) is 0.179. The van der Waals surface area contributed by atoms with Crippen molar-refractivity contribution in [3.05, 3.63) is 193 Å². The van der Waals surface area contributed by atoms with E-state index in [1.165, 1.54) is 0 Å². The SMILES string of the molecule is C1=C\c2ccc(-c3cc(-c4cnc(-c5ccccc5)nc4)nc(-c4ccccc4)n3)cc2-c2cc3oc4ccccc4c3cc2Oc2ccccc2-c2ccccc2/1. The minimum atomic E-state index is 0.609. The van der Waals surface area contributed by atoms with Crippen LogP contribution in [-0.2, 0) is 0 Å². The van der Waals surface area contributed by atoms with E-state index in [4.69, 9.17) is 29.1 Å². The van der Waals surface area contributed by atoms with Crippen molar-refractivity contribution < 1.29 is 9.15 Å². The molecule has 10 aromatic rings. The van der Waals surface area contributed by atoms with Crippen molar-refractivity contribution in [2.45, 2.75) is 0 Å². The van der Waals surface area contributed by atoms with Crippen molar-refractivity contribution in [1.29, 1.82) is 0 Å². The van der Waals surface area contributed by atoms with Crippen molar-refractivity contribution in [1.82, 2.24) is 19.9 Å². The maximum Gasteiger partial charge on any atom is 0.160 e. The Bertz CT molecular complexity index is 3190. The summed E-state index contributed by atoms with van der Waals surface area (Å²) in [6, 6.07) is 57.5. The molecule has 3 aromatic heterocycles. The highest BCUT2D eigenvalue weighted by Crippen LogP contribution is 2.46. The highest BCUT2D eigenvalue weighted by atomic mass is 16.5. The summed E-state index contributed by atoms with van der Waals surface area (Å²) in [5.74, 6) is 2.76. The van der Waals surface area contributed by atoms with E-state index >= 15 is 0 Å². The molecule has 1 aliphatic rings. The Morgan fingerprint density at radius 3 is 1.79 bits per heavy atom. The molecule has 4 heterocycles. The van der Waals surface area contributed by atoms with E-state index in [0.717, 1.165) is 100 Å². The fourth-order valence-electron chi connectivity index (χ4n) is 7.76. The monoisotopic (exact) mass is 744 g/mol. The molecule has 0 bridgehead atoms. The van der Waals surface area contributed by atoms with E-state index < -0.39 is 0 Å². The van der Waals surface area contributed by atoms with Crippen LogP contribution in [0, 0.1) is 0 Å². The van der Waals surface area contributed by atoms with Crippen molar-refractivity contribution in [2.24, 2.45) is 0 Å². The van der Waals surface area contributed by atoms with Gasteiger partial charge in [0.25, 0.3) is 0 Å². The molecule has 0 N–H and O–H groups in total. The van der Waals surface area contributed by atoms with Crippen LogP contribution in [0.2, 0.25) is 0 Å². The van der Waals surface area contributed by atoms with Gasteiger partial charge in [0.1, 0.15) is 22.7 Å². The van der Waals surface area contributed by atoms with Gasteiger partial charge in [-0.05, 0) is 58.7 Å². The number of furan rings is 1. The highest BCUT2D eigenvalue weighted by molar-refractivity contribution is 6.07. The molecular formula is C52H32N4O2. The number of fused-ring (bicyclic) bond motifs is 9. The third-order valence-electron chi connectivity index (χ3n) is 10.7. The molecular weight excluding hydrogens is 713 g/mol. The smallest absolute Gasteiger partial charge is 0.160 e. The molecule has 0 radical (unpaired) electrons. The van der Waals surface area contributed by atoms with Gasteiger partial charge in [0.15, 0.2) is 11.6 Å². The topological polar surface area (TPSA) is 73.9 Å². The number of para-hydroxylation sites is 2. The molecule has 0 saturated carbocycles. The van der Waals surface area contributed by atoms with Crippen LogP contribution in [0.1, 0.15) is 11.1 Å². The van der Waals surface area contributed by atoms with Crippen molar-refractivity contribution >= 4 is 34.1 Å². The zero-order chi connectivity index (χ0) is 38.4. The average Bonchev–Trinajstić information content (AvgIpc) is 3.65. The second kappa shape index (κ2) is 14.0. The molecule has 0 spiro atoms. The molecule has 7 aromatic carbocycles. The minimum absolute atomic E-state index is 0.609. The molecule has 0 aliphatic carbocycles. The Labute approximate surface area is 334 Å². The molecule has 0 saturated heterocycles. The molecule has 1 aliphatic heterocycles. The Morgan fingerprint density at radius 1 is 0.362 bits per heavy atom. The lowest BCUT2D eigenvalue weighted by Gasteiger charge is -2.17. The second-order valence-corrected chi connectivity index (χ2v) is 14.3. The summed E-state index contributed by atoms with van der Waals surface area (Å²) in [4.78, 5) is 19.7. The van der Waals surface area contributed by atoms with Crippen LogP contribution in [-0.4, -0.2) is 19.9 Å². The normalized spacial score (nSPS) is 12.4. The van der Waals surface area contributed by atoms with Crippen molar-refractivity contribution in [3.8, 4) is 79.0 Å². The lowest BCUT2D eigenvalue weighted by Crippen LogP contribution is -1.98. The molecule has 58 heavy (non-hydrogen) atoms. The number of benzene rings is 7. The predicted octanol–water partition coefficient (Wildman–Crippen LogP) is 13.4. The van der Waals surface area contributed by atoms with E-state index in [-0.39, 0.29) is 0 Å². The fraction of sp³-hybridized carbons (Fsp3) is 0. The zero-order valence-corrected chi connectivity index (χ0v) is 31.1. The van der Waals surface area contributed by atoms with Crippen LogP contribution in [0.5, 0.6) is 11.5 Å². The number of hydrogen-bond acceptors (Lipinski definition) is 6. The fourth-order valence-corrected chi connectivity index (χ4v) is 7.76. The van der Waals surface area contributed by atoms with Crippen LogP contribution in [0.15, 0.2) is 187 Å². The first-order chi connectivity index (χ1) is 28.7. The molecule has 0 fully saturated rings. The van der Waals surface area contributed by atoms with Crippen LogP contribution in [0.3, 0.4) is 0 Å². The minimum Gasteiger partial charge on any atom is -0.456 e.